The zero-order chi connectivity index (χ0) is 14.8. The number of nitrogens with two attached hydrogens (primary N) is 1. The predicted molar refractivity (Wildman–Crippen MR) is 66.2 cm³/mol. The summed E-state index contributed by atoms with van der Waals surface area (Å²) in [5.74, 6) is 0. The maximum absolute atomic E-state index is 12.8. The Kier molecular flexibility index (Phi) is 4.43. The number of hydrogen-bond donors (Lipinski definition) is 2. The van der Waals surface area contributed by atoms with Gasteiger partial charge in [0.1, 0.15) is 6.04 Å². The number of rotatable bonds is 3. The van der Waals surface area contributed by atoms with Crippen molar-refractivity contribution in [1.29, 1.82) is 0 Å². The molecule has 8 heteroatoms. The van der Waals surface area contributed by atoms with Crippen molar-refractivity contribution in [3.05, 3.63) is 0 Å². The molecule has 1 aliphatic carbocycles. The molecule has 1 spiro atoms. The minimum absolute atomic E-state index is 0.127. The minimum Gasteiger partial charge on any atom is -0.371 e. The zero-order valence-electron chi connectivity index (χ0n) is 11.2. The molecule has 20 heavy (non-hydrogen) atoms. The topological polar surface area (TPSA) is 67.6 Å². The van der Waals surface area contributed by atoms with Crippen molar-refractivity contribution < 1.29 is 22.7 Å². The molecule has 2 fully saturated rings. The first-order valence-electron chi connectivity index (χ1n) is 6.82. The number of nitrogens with zero attached hydrogens (tertiary/aromatic N) is 1. The Morgan fingerprint density at radius 3 is 2.65 bits per heavy atom. The molecule has 2 amide bonds. The van der Waals surface area contributed by atoms with E-state index in [9.17, 15) is 18.0 Å². The molecule has 1 heterocycles. The molecule has 0 aromatic rings. The Morgan fingerprint density at radius 1 is 1.45 bits per heavy atom. The van der Waals surface area contributed by atoms with Crippen LogP contribution in [0.2, 0.25) is 0 Å². The molecule has 0 aromatic heterocycles. The molecule has 0 bridgehead atoms. The van der Waals surface area contributed by atoms with Crippen molar-refractivity contribution in [3.63, 3.8) is 0 Å². The average Bonchev–Trinajstić information content (AvgIpc) is 2.35. The lowest BCUT2D eigenvalue weighted by Gasteiger charge is -2.48. The second-order valence-electron chi connectivity index (χ2n) is 5.43. The van der Waals surface area contributed by atoms with Crippen LogP contribution in [0.1, 0.15) is 25.7 Å². The van der Waals surface area contributed by atoms with Gasteiger partial charge in [-0.05, 0) is 32.2 Å². The number of nitrogens with one attached hydrogen (secondary N) is 1. The van der Waals surface area contributed by atoms with E-state index in [4.69, 9.17) is 10.5 Å². The van der Waals surface area contributed by atoms with Gasteiger partial charge >= 0.3 is 12.2 Å². The van der Waals surface area contributed by atoms with Crippen molar-refractivity contribution in [3.8, 4) is 0 Å². The summed E-state index contributed by atoms with van der Waals surface area (Å²) in [7, 11) is 0. The fourth-order valence-corrected chi connectivity index (χ4v) is 2.62. The monoisotopic (exact) mass is 295 g/mol. The molecule has 5 nitrogen and oxygen atoms in total. The maximum atomic E-state index is 12.8. The first kappa shape index (κ1) is 15.4. The van der Waals surface area contributed by atoms with Gasteiger partial charge < -0.3 is 20.7 Å². The summed E-state index contributed by atoms with van der Waals surface area (Å²) >= 11 is 0. The molecule has 0 aromatic carbocycles. The first-order valence-corrected chi connectivity index (χ1v) is 6.82. The number of morpholine rings is 1. The summed E-state index contributed by atoms with van der Waals surface area (Å²) in [5.41, 5.74) is 4.85. The van der Waals surface area contributed by atoms with E-state index in [2.05, 4.69) is 0 Å². The number of alkyl halides is 3. The summed E-state index contributed by atoms with van der Waals surface area (Å²) in [4.78, 5) is 13.4. The smallest absolute Gasteiger partial charge is 0.371 e. The summed E-state index contributed by atoms with van der Waals surface area (Å²) < 4.78 is 43.9. The van der Waals surface area contributed by atoms with Gasteiger partial charge in [-0.2, -0.15) is 13.2 Å². The predicted octanol–water partition coefficient (Wildman–Crippen LogP) is 1.23. The average molecular weight is 295 g/mol. The number of urea groups is 1. The van der Waals surface area contributed by atoms with Crippen molar-refractivity contribution >= 4 is 6.03 Å². The molecule has 3 N–H and O–H groups in total. The molecule has 2 rings (SSSR count). The number of ether oxygens (including phenoxy) is 1. The van der Waals surface area contributed by atoms with Gasteiger partial charge in [-0.1, -0.05) is 0 Å². The van der Waals surface area contributed by atoms with Crippen LogP contribution < -0.4 is 11.1 Å². The van der Waals surface area contributed by atoms with Gasteiger partial charge in [-0.25, -0.2) is 4.79 Å². The van der Waals surface area contributed by atoms with Gasteiger partial charge in [-0.3, -0.25) is 0 Å². The van der Waals surface area contributed by atoms with Crippen LogP contribution in [-0.2, 0) is 4.74 Å². The van der Waals surface area contributed by atoms with Gasteiger partial charge in [0.15, 0.2) is 0 Å². The Labute approximate surface area is 115 Å². The van der Waals surface area contributed by atoms with E-state index < -0.39 is 18.2 Å². The van der Waals surface area contributed by atoms with E-state index in [0.29, 0.717) is 19.7 Å². The Balaban J connectivity index is 1.92. The normalized spacial score (nSPS) is 23.3. The molecule has 1 saturated carbocycles. The van der Waals surface area contributed by atoms with Gasteiger partial charge in [0.2, 0.25) is 0 Å². The first-order chi connectivity index (χ1) is 9.36. The molecular weight excluding hydrogens is 275 g/mol. The standard InChI is InChI=1S/C12H20F3N3O2/c13-12(14,15)9(2-5-16)17-10(19)18-6-7-20-11(8-18)3-1-4-11/h9H,1-8,16H2,(H,17,19). The zero-order valence-corrected chi connectivity index (χ0v) is 11.2. The summed E-state index contributed by atoms with van der Waals surface area (Å²) in [6.45, 7) is 0.936. The lowest BCUT2D eigenvalue weighted by molar-refractivity contribution is -0.157. The van der Waals surface area contributed by atoms with E-state index in [0.717, 1.165) is 19.3 Å². The van der Waals surface area contributed by atoms with E-state index >= 15 is 0 Å². The molecule has 2 aliphatic rings. The van der Waals surface area contributed by atoms with E-state index in [1.54, 1.807) is 0 Å². The molecule has 1 unspecified atom stereocenters. The maximum Gasteiger partial charge on any atom is 0.408 e. The van der Waals surface area contributed by atoms with E-state index in [1.165, 1.54) is 4.90 Å². The third-order valence-corrected chi connectivity index (χ3v) is 3.95. The number of carbonyl (C=O) groups excluding carboxylic acids is 1. The van der Waals surface area contributed by atoms with E-state index in [1.807, 2.05) is 5.32 Å². The van der Waals surface area contributed by atoms with Crippen LogP contribution in [-0.4, -0.2) is 55.0 Å². The van der Waals surface area contributed by atoms with Gasteiger partial charge in [0, 0.05) is 6.54 Å². The molecule has 1 aliphatic heterocycles. The highest BCUT2D eigenvalue weighted by atomic mass is 19.4. The Morgan fingerprint density at radius 2 is 2.15 bits per heavy atom. The highest BCUT2D eigenvalue weighted by Gasteiger charge is 2.45. The third-order valence-electron chi connectivity index (χ3n) is 3.95. The Bertz CT molecular complexity index is 358. The number of carbonyl (C=O) groups is 1. The fraction of sp³-hybridized carbons (Fsp3) is 0.917. The van der Waals surface area contributed by atoms with Crippen LogP contribution in [0.5, 0.6) is 0 Å². The second-order valence-corrected chi connectivity index (χ2v) is 5.43. The Hall–Kier alpha value is -1.02. The van der Waals surface area contributed by atoms with Crippen LogP contribution in [0.15, 0.2) is 0 Å². The largest absolute Gasteiger partial charge is 0.408 e. The van der Waals surface area contributed by atoms with Crippen molar-refractivity contribution in [1.82, 2.24) is 10.2 Å². The quantitative estimate of drug-likeness (QED) is 0.823. The van der Waals surface area contributed by atoms with Crippen molar-refractivity contribution in [2.24, 2.45) is 5.73 Å². The molecule has 1 atom stereocenters. The molecule has 1 saturated heterocycles. The number of hydrogen-bond acceptors (Lipinski definition) is 3. The third kappa shape index (κ3) is 3.35. The summed E-state index contributed by atoms with van der Waals surface area (Å²) in [6, 6.07) is -2.57. The van der Waals surface area contributed by atoms with Crippen LogP contribution >= 0.6 is 0 Å². The van der Waals surface area contributed by atoms with Crippen molar-refractivity contribution in [2.75, 3.05) is 26.2 Å². The lowest BCUT2D eigenvalue weighted by Crippen LogP contribution is -2.60. The number of halogens is 3. The van der Waals surface area contributed by atoms with Gasteiger partial charge in [0.25, 0.3) is 0 Å². The lowest BCUT2D eigenvalue weighted by atomic mass is 9.79. The van der Waals surface area contributed by atoms with Crippen LogP contribution in [0, 0.1) is 0 Å². The molecule has 0 radical (unpaired) electrons. The van der Waals surface area contributed by atoms with E-state index in [-0.39, 0.29) is 18.6 Å². The fourth-order valence-electron chi connectivity index (χ4n) is 2.62. The summed E-state index contributed by atoms with van der Waals surface area (Å²) in [5, 5.41) is 2.04. The highest BCUT2D eigenvalue weighted by molar-refractivity contribution is 5.74. The van der Waals surface area contributed by atoms with Crippen molar-refractivity contribution in [2.45, 2.75) is 43.5 Å². The summed E-state index contributed by atoms with van der Waals surface area (Å²) in [6.07, 6.45) is -2.03. The van der Waals surface area contributed by atoms with Crippen LogP contribution in [0.4, 0.5) is 18.0 Å². The van der Waals surface area contributed by atoms with Gasteiger partial charge in [0.05, 0.1) is 18.8 Å². The van der Waals surface area contributed by atoms with Crippen LogP contribution in [0.25, 0.3) is 0 Å². The second kappa shape index (κ2) is 5.77. The molecule has 116 valence electrons. The highest BCUT2D eigenvalue weighted by Crippen LogP contribution is 2.38. The molecular formula is C12H20F3N3O2. The van der Waals surface area contributed by atoms with Crippen LogP contribution in [0.3, 0.4) is 0 Å². The van der Waals surface area contributed by atoms with Gasteiger partial charge in [-0.15, -0.1) is 0 Å². The SMILES string of the molecule is NCCC(NC(=O)N1CCOC2(CCC2)C1)C(F)(F)F. The minimum atomic E-state index is -4.48. The number of amides is 2.